The van der Waals surface area contributed by atoms with Gasteiger partial charge in [0.25, 0.3) is 0 Å². The highest BCUT2D eigenvalue weighted by molar-refractivity contribution is 7.98. The van der Waals surface area contributed by atoms with Crippen LogP contribution in [0.3, 0.4) is 0 Å². The zero-order chi connectivity index (χ0) is 12.3. The lowest BCUT2D eigenvalue weighted by Crippen LogP contribution is -1.83. The highest BCUT2D eigenvalue weighted by Gasteiger charge is 2.04. The monoisotopic (exact) mass is 244 g/mol. The maximum atomic E-state index is 10.6. The average molecular weight is 244 g/mol. The maximum Gasteiger partial charge on any atom is 0.153 e. The van der Waals surface area contributed by atoms with Gasteiger partial charge in [0.05, 0.1) is 5.56 Å². The van der Waals surface area contributed by atoms with Gasteiger partial charge in [-0.1, -0.05) is 18.2 Å². The summed E-state index contributed by atoms with van der Waals surface area (Å²) in [5.74, 6) is 0.0204. The van der Waals surface area contributed by atoms with Crippen molar-refractivity contribution in [1.29, 1.82) is 0 Å². The van der Waals surface area contributed by atoms with E-state index in [2.05, 4.69) is 6.07 Å². The molecule has 2 aromatic carbocycles. The van der Waals surface area contributed by atoms with Gasteiger partial charge in [-0.15, -0.1) is 11.8 Å². The van der Waals surface area contributed by atoms with Crippen LogP contribution in [0.2, 0.25) is 0 Å². The van der Waals surface area contributed by atoms with E-state index < -0.39 is 0 Å². The van der Waals surface area contributed by atoms with Gasteiger partial charge >= 0.3 is 0 Å². The number of aldehydes is 1. The van der Waals surface area contributed by atoms with Crippen LogP contribution >= 0.6 is 11.8 Å². The van der Waals surface area contributed by atoms with Gasteiger partial charge < -0.3 is 5.11 Å². The SMILES string of the molecule is CSc1cccc(-c2ccc(C=O)c(O)c2)c1. The Morgan fingerprint density at radius 2 is 1.88 bits per heavy atom. The molecule has 17 heavy (non-hydrogen) atoms. The Bertz CT molecular complexity index is 550. The Morgan fingerprint density at radius 1 is 1.12 bits per heavy atom. The molecule has 1 N–H and O–H groups in total. The molecule has 0 spiro atoms. The van der Waals surface area contributed by atoms with E-state index in [1.807, 2.05) is 30.5 Å². The highest BCUT2D eigenvalue weighted by atomic mass is 32.2. The van der Waals surface area contributed by atoms with Gasteiger partial charge in [-0.25, -0.2) is 0 Å². The van der Waals surface area contributed by atoms with Crippen molar-refractivity contribution < 1.29 is 9.90 Å². The zero-order valence-corrected chi connectivity index (χ0v) is 10.2. The van der Waals surface area contributed by atoms with Crippen molar-refractivity contribution in [2.75, 3.05) is 6.26 Å². The minimum Gasteiger partial charge on any atom is -0.507 e. The van der Waals surface area contributed by atoms with E-state index in [9.17, 15) is 9.90 Å². The van der Waals surface area contributed by atoms with E-state index in [1.165, 1.54) is 4.90 Å². The number of carbonyl (C=O) groups is 1. The van der Waals surface area contributed by atoms with Gasteiger partial charge in [-0.3, -0.25) is 4.79 Å². The molecular weight excluding hydrogens is 232 g/mol. The fourth-order valence-electron chi connectivity index (χ4n) is 1.63. The Morgan fingerprint density at radius 3 is 2.53 bits per heavy atom. The number of hydrogen-bond donors (Lipinski definition) is 1. The topological polar surface area (TPSA) is 37.3 Å². The number of phenols is 1. The number of carbonyl (C=O) groups excluding carboxylic acids is 1. The van der Waals surface area contributed by atoms with Crippen LogP contribution in [0.15, 0.2) is 47.4 Å². The second-order valence-corrected chi connectivity index (χ2v) is 4.50. The molecular formula is C14H12O2S. The summed E-state index contributed by atoms with van der Waals surface area (Å²) >= 11 is 1.67. The van der Waals surface area contributed by atoms with Crippen molar-refractivity contribution in [3.63, 3.8) is 0 Å². The van der Waals surface area contributed by atoms with Gasteiger partial charge in [-0.2, -0.15) is 0 Å². The van der Waals surface area contributed by atoms with Crippen LogP contribution in [0, 0.1) is 0 Å². The Labute approximate surface area is 104 Å². The van der Waals surface area contributed by atoms with Crippen molar-refractivity contribution in [2.24, 2.45) is 0 Å². The second-order valence-electron chi connectivity index (χ2n) is 3.62. The van der Waals surface area contributed by atoms with Crippen LogP contribution in [0.25, 0.3) is 11.1 Å². The molecule has 0 saturated carbocycles. The lowest BCUT2D eigenvalue weighted by atomic mass is 10.0. The number of benzene rings is 2. The first-order chi connectivity index (χ1) is 8.24. The van der Waals surface area contributed by atoms with Crippen molar-refractivity contribution in [1.82, 2.24) is 0 Å². The molecule has 0 saturated heterocycles. The summed E-state index contributed by atoms with van der Waals surface area (Å²) in [5, 5.41) is 9.64. The molecule has 0 bridgehead atoms. The van der Waals surface area contributed by atoms with E-state index >= 15 is 0 Å². The standard InChI is InChI=1S/C14H12O2S/c1-17-13-4-2-3-10(7-13)11-5-6-12(9-15)14(16)8-11/h2-9,16H,1H3. The first-order valence-corrected chi connectivity index (χ1v) is 6.39. The largest absolute Gasteiger partial charge is 0.507 e. The molecule has 0 fully saturated rings. The third-order valence-corrected chi connectivity index (χ3v) is 3.29. The molecule has 0 radical (unpaired) electrons. The van der Waals surface area contributed by atoms with Crippen LogP contribution in [-0.4, -0.2) is 17.6 Å². The predicted octanol–water partition coefficient (Wildman–Crippen LogP) is 3.59. The van der Waals surface area contributed by atoms with E-state index in [4.69, 9.17) is 0 Å². The van der Waals surface area contributed by atoms with Gasteiger partial charge in [0.15, 0.2) is 6.29 Å². The molecule has 2 nitrogen and oxygen atoms in total. The third-order valence-electron chi connectivity index (χ3n) is 2.56. The van der Waals surface area contributed by atoms with Crippen molar-refractivity contribution in [3.8, 4) is 16.9 Å². The molecule has 0 heterocycles. The van der Waals surface area contributed by atoms with E-state index in [0.29, 0.717) is 11.8 Å². The minimum atomic E-state index is 0.0204. The fourth-order valence-corrected chi connectivity index (χ4v) is 2.08. The predicted molar refractivity (Wildman–Crippen MR) is 70.7 cm³/mol. The second kappa shape index (κ2) is 5.06. The van der Waals surface area contributed by atoms with Crippen LogP contribution in [0.4, 0.5) is 0 Å². The molecule has 0 aliphatic heterocycles. The maximum absolute atomic E-state index is 10.6. The number of phenolic OH excluding ortho intramolecular Hbond substituents is 1. The Kier molecular flexibility index (Phi) is 3.49. The lowest BCUT2D eigenvalue weighted by molar-refractivity contribution is 0.112. The zero-order valence-electron chi connectivity index (χ0n) is 9.38. The molecule has 0 atom stereocenters. The molecule has 0 aliphatic carbocycles. The third kappa shape index (κ3) is 2.50. The van der Waals surface area contributed by atoms with Crippen molar-refractivity contribution in [3.05, 3.63) is 48.0 Å². The summed E-state index contributed by atoms with van der Waals surface area (Å²) in [7, 11) is 0. The van der Waals surface area contributed by atoms with Crippen LogP contribution in [-0.2, 0) is 0 Å². The molecule has 86 valence electrons. The summed E-state index contributed by atoms with van der Waals surface area (Å²) in [6, 6.07) is 13.1. The molecule has 2 rings (SSSR count). The van der Waals surface area contributed by atoms with Crippen molar-refractivity contribution >= 4 is 18.0 Å². The summed E-state index contributed by atoms with van der Waals surface area (Å²) in [5.41, 5.74) is 2.25. The van der Waals surface area contributed by atoms with Gasteiger partial charge in [0, 0.05) is 4.90 Å². The molecule has 2 aromatic rings. The molecule has 0 aromatic heterocycles. The van der Waals surface area contributed by atoms with Gasteiger partial charge in [-0.05, 0) is 41.6 Å². The van der Waals surface area contributed by atoms with Crippen molar-refractivity contribution in [2.45, 2.75) is 4.90 Å². The Hall–Kier alpha value is -1.74. The van der Waals surface area contributed by atoms with Gasteiger partial charge in [0.1, 0.15) is 5.75 Å². The number of hydrogen-bond acceptors (Lipinski definition) is 3. The summed E-state index contributed by atoms with van der Waals surface area (Å²) in [6.07, 6.45) is 2.67. The summed E-state index contributed by atoms with van der Waals surface area (Å²) < 4.78 is 0. The molecule has 0 amide bonds. The van der Waals surface area contributed by atoms with Gasteiger partial charge in [0.2, 0.25) is 0 Å². The number of thioether (sulfide) groups is 1. The van der Waals surface area contributed by atoms with E-state index in [0.717, 1.165) is 11.1 Å². The van der Waals surface area contributed by atoms with Crippen LogP contribution < -0.4 is 0 Å². The smallest absolute Gasteiger partial charge is 0.153 e. The van der Waals surface area contributed by atoms with E-state index in [-0.39, 0.29) is 5.75 Å². The molecule has 0 unspecified atom stereocenters. The minimum absolute atomic E-state index is 0.0204. The first-order valence-electron chi connectivity index (χ1n) is 5.17. The summed E-state index contributed by atoms with van der Waals surface area (Å²) in [4.78, 5) is 11.8. The molecule has 3 heteroatoms. The van der Waals surface area contributed by atoms with E-state index in [1.54, 1.807) is 23.9 Å². The Balaban J connectivity index is 2.45. The average Bonchev–Trinajstić information content (AvgIpc) is 2.38. The highest BCUT2D eigenvalue weighted by Crippen LogP contribution is 2.28. The number of aromatic hydroxyl groups is 1. The van der Waals surface area contributed by atoms with Crippen LogP contribution in [0.5, 0.6) is 5.75 Å². The van der Waals surface area contributed by atoms with Crippen LogP contribution in [0.1, 0.15) is 10.4 Å². The quantitative estimate of drug-likeness (QED) is 0.662. The fraction of sp³-hybridized carbons (Fsp3) is 0.0714. The normalized spacial score (nSPS) is 10.2. The molecule has 0 aliphatic rings. The number of rotatable bonds is 3. The lowest BCUT2D eigenvalue weighted by Gasteiger charge is -2.05. The summed E-state index contributed by atoms with van der Waals surface area (Å²) in [6.45, 7) is 0. The first kappa shape index (κ1) is 11.7.